The van der Waals surface area contributed by atoms with Gasteiger partial charge in [-0.3, -0.25) is 0 Å². The number of rotatable bonds is 5. The van der Waals surface area contributed by atoms with Crippen molar-refractivity contribution in [1.82, 2.24) is 15.0 Å². The van der Waals surface area contributed by atoms with Gasteiger partial charge >= 0.3 is 0 Å². The quantitative estimate of drug-likeness (QED) is 0.700. The smallest absolute Gasteiger partial charge is 0.297 e. The molecule has 23 heavy (non-hydrogen) atoms. The highest BCUT2D eigenvalue weighted by atomic mass is 32.1. The van der Waals surface area contributed by atoms with E-state index in [2.05, 4.69) is 21.9 Å². The minimum absolute atomic E-state index is 0.445. The highest BCUT2D eigenvalue weighted by Crippen LogP contribution is 2.27. The zero-order valence-electron chi connectivity index (χ0n) is 12.8. The maximum Gasteiger partial charge on any atom is 0.297 e. The van der Waals surface area contributed by atoms with Crippen molar-refractivity contribution in [2.75, 3.05) is 11.9 Å². The van der Waals surface area contributed by atoms with Gasteiger partial charge < -0.3 is 4.90 Å². The molecule has 0 radical (unpaired) electrons. The first kappa shape index (κ1) is 15.7. The van der Waals surface area contributed by atoms with Crippen LogP contribution in [0.2, 0.25) is 0 Å². The van der Waals surface area contributed by atoms with E-state index in [1.807, 2.05) is 30.3 Å². The fraction of sp³-hybridized carbons (Fsp3) is 0.312. The lowest BCUT2D eigenvalue weighted by Gasteiger charge is -2.19. The topological polar surface area (TPSA) is 41.9 Å². The summed E-state index contributed by atoms with van der Waals surface area (Å²) < 4.78 is 26.1. The molecule has 120 valence electrons. The van der Waals surface area contributed by atoms with Gasteiger partial charge in [0.2, 0.25) is 0 Å². The highest BCUT2D eigenvalue weighted by molar-refractivity contribution is 7.11. The number of halogens is 2. The summed E-state index contributed by atoms with van der Waals surface area (Å²) in [5.74, 6) is 0.0538. The fourth-order valence-electron chi connectivity index (χ4n) is 2.33. The third-order valence-corrected chi connectivity index (χ3v) is 4.61. The molecule has 4 nitrogen and oxygen atoms in total. The molecular weight excluding hydrogens is 318 g/mol. The van der Waals surface area contributed by atoms with Crippen molar-refractivity contribution in [3.8, 4) is 0 Å². The van der Waals surface area contributed by atoms with Crippen LogP contribution in [0, 0.1) is 0 Å². The van der Waals surface area contributed by atoms with Gasteiger partial charge in [0, 0.05) is 23.5 Å². The van der Waals surface area contributed by atoms with Crippen molar-refractivity contribution in [3.63, 3.8) is 0 Å². The molecule has 7 heteroatoms. The van der Waals surface area contributed by atoms with E-state index in [-0.39, 0.29) is 0 Å². The number of aromatic nitrogens is 3. The van der Waals surface area contributed by atoms with Crippen molar-refractivity contribution in [3.05, 3.63) is 46.2 Å². The molecular formula is C16H16F2N4S. The predicted molar refractivity (Wildman–Crippen MR) is 88.1 cm³/mol. The summed E-state index contributed by atoms with van der Waals surface area (Å²) in [5, 5.41) is 1.69. The van der Waals surface area contributed by atoms with Gasteiger partial charge in [-0.25, -0.2) is 23.7 Å². The molecule has 0 bridgehead atoms. The van der Waals surface area contributed by atoms with Crippen LogP contribution in [0.5, 0.6) is 0 Å². The summed E-state index contributed by atoms with van der Waals surface area (Å²) in [6.45, 7) is 2.60. The summed E-state index contributed by atoms with van der Waals surface area (Å²) in [6.07, 6.45) is 0.0995. The molecule has 0 aliphatic rings. The van der Waals surface area contributed by atoms with Crippen LogP contribution in [0.4, 0.5) is 14.6 Å². The number of thiazole rings is 1. The van der Waals surface area contributed by atoms with Gasteiger partial charge in [0.25, 0.3) is 6.43 Å². The lowest BCUT2D eigenvalue weighted by Crippen LogP contribution is -2.19. The van der Waals surface area contributed by atoms with E-state index in [9.17, 15) is 8.78 Å². The van der Waals surface area contributed by atoms with Crippen LogP contribution in [-0.2, 0) is 13.0 Å². The van der Waals surface area contributed by atoms with Gasteiger partial charge in [0.1, 0.15) is 10.8 Å². The number of benzene rings is 1. The van der Waals surface area contributed by atoms with Crippen LogP contribution >= 0.6 is 11.3 Å². The van der Waals surface area contributed by atoms with Gasteiger partial charge in [-0.05, 0) is 18.6 Å². The average molecular weight is 334 g/mol. The Morgan fingerprint density at radius 3 is 2.70 bits per heavy atom. The van der Waals surface area contributed by atoms with Gasteiger partial charge in [0.15, 0.2) is 5.82 Å². The fourth-order valence-corrected chi connectivity index (χ4v) is 3.24. The number of anilines is 1. The Bertz CT molecular complexity index is 819. The van der Waals surface area contributed by atoms with Crippen LogP contribution in [0.1, 0.15) is 29.1 Å². The van der Waals surface area contributed by atoms with E-state index in [4.69, 9.17) is 0 Å². The van der Waals surface area contributed by atoms with Crippen molar-refractivity contribution in [2.45, 2.75) is 26.3 Å². The van der Waals surface area contributed by atoms with Crippen molar-refractivity contribution < 1.29 is 8.78 Å². The van der Waals surface area contributed by atoms with E-state index in [0.29, 0.717) is 17.9 Å². The third kappa shape index (κ3) is 3.29. The van der Waals surface area contributed by atoms with Crippen LogP contribution in [0.15, 0.2) is 30.5 Å². The van der Waals surface area contributed by atoms with Crippen LogP contribution < -0.4 is 4.90 Å². The van der Waals surface area contributed by atoms with Crippen molar-refractivity contribution in [2.24, 2.45) is 0 Å². The Morgan fingerprint density at radius 2 is 2.00 bits per heavy atom. The monoisotopic (exact) mass is 334 g/mol. The molecule has 2 heterocycles. The van der Waals surface area contributed by atoms with Gasteiger partial charge in [-0.15, -0.1) is 11.3 Å². The van der Waals surface area contributed by atoms with Gasteiger partial charge in [-0.1, -0.05) is 19.1 Å². The lowest BCUT2D eigenvalue weighted by molar-refractivity contribution is 0.141. The highest BCUT2D eigenvalue weighted by Gasteiger charge is 2.17. The first-order valence-electron chi connectivity index (χ1n) is 7.28. The molecule has 0 aliphatic carbocycles. The maximum absolute atomic E-state index is 13.1. The number of hydrogen-bond donors (Lipinski definition) is 0. The number of hydrogen-bond acceptors (Lipinski definition) is 5. The Hall–Kier alpha value is -2.15. The number of para-hydroxylation sites is 1. The zero-order chi connectivity index (χ0) is 16.4. The number of alkyl halides is 2. The molecule has 0 atom stereocenters. The van der Waals surface area contributed by atoms with Crippen LogP contribution in [0.25, 0.3) is 10.9 Å². The molecule has 0 saturated carbocycles. The SMILES string of the molecule is CCc1cnc(CN(C)c2nc(C(F)F)nc3ccccc23)s1. The molecule has 3 aromatic rings. The molecule has 3 rings (SSSR count). The summed E-state index contributed by atoms with van der Waals surface area (Å²) in [5.41, 5.74) is 0.521. The molecule has 0 aliphatic heterocycles. The van der Waals surface area contributed by atoms with Crippen LogP contribution in [-0.4, -0.2) is 22.0 Å². The number of fused-ring (bicyclic) bond motifs is 1. The maximum atomic E-state index is 13.1. The molecule has 1 aromatic carbocycles. The lowest BCUT2D eigenvalue weighted by atomic mass is 10.2. The molecule has 0 saturated heterocycles. The second-order valence-corrected chi connectivity index (χ2v) is 6.35. The second kappa shape index (κ2) is 6.54. The first-order chi connectivity index (χ1) is 11.1. The zero-order valence-corrected chi connectivity index (χ0v) is 13.6. The number of nitrogens with zero attached hydrogens (tertiary/aromatic N) is 4. The largest absolute Gasteiger partial charge is 0.352 e. The van der Waals surface area contributed by atoms with E-state index in [1.54, 1.807) is 23.5 Å². The second-order valence-electron chi connectivity index (χ2n) is 5.15. The Morgan fingerprint density at radius 1 is 1.22 bits per heavy atom. The number of aryl methyl sites for hydroxylation is 1. The Labute approximate surface area is 136 Å². The summed E-state index contributed by atoms with van der Waals surface area (Å²) in [4.78, 5) is 15.4. The molecule has 0 unspecified atom stereocenters. The third-order valence-electron chi connectivity index (χ3n) is 3.48. The van der Waals surface area contributed by atoms with E-state index in [1.165, 1.54) is 4.88 Å². The normalized spacial score (nSPS) is 11.3. The summed E-state index contributed by atoms with van der Waals surface area (Å²) >= 11 is 1.63. The summed E-state index contributed by atoms with van der Waals surface area (Å²) in [6, 6.07) is 7.20. The Balaban J connectivity index is 1.99. The molecule has 0 amide bonds. The minimum atomic E-state index is -2.70. The van der Waals surface area contributed by atoms with E-state index in [0.717, 1.165) is 16.8 Å². The molecule has 0 spiro atoms. The molecule has 0 N–H and O–H groups in total. The Kier molecular flexibility index (Phi) is 4.47. The van der Waals surface area contributed by atoms with Gasteiger partial charge in [0.05, 0.1) is 12.1 Å². The van der Waals surface area contributed by atoms with E-state index < -0.39 is 12.2 Å². The minimum Gasteiger partial charge on any atom is -0.352 e. The predicted octanol–water partition coefficient (Wildman–Crippen LogP) is 4.22. The van der Waals surface area contributed by atoms with E-state index >= 15 is 0 Å². The standard InChI is InChI=1S/C16H16F2N4S/c1-3-10-8-19-13(23-10)9-22(2)16-11-6-4-5-7-12(11)20-15(21-16)14(17)18/h4-8,14H,3,9H2,1-2H3. The van der Waals surface area contributed by atoms with Gasteiger partial charge in [-0.2, -0.15) is 0 Å². The summed E-state index contributed by atoms with van der Waals surface area (Å²) in [7, 11) is 1.83. The van der Waals surface area contributed by atoms with Crippen molar-refractivity contribution >= 4 is 28.1 Å². The average Bonchev–Trinajstić information content (AvgIpc) is 3.01. The first-order valence-corrected chi connectivity index (χ1v) is 8.09. The van der Waals surface area contributed by atoms with Crippen LogP contribution in [0.3, 0.4) is 0 Å². The molecule has 0 fully saturated rings. The van der Waals surface area contributed by atoms with Crippen molar-refractivity contribution in [1.29, 1.82) is 0 Å². The molecule has 2 aromatic heterocycles.